The van der Waals surface area contributed by atoms with Gasteiger partial charge in [-0.3, -0.25) is 0 Å². The van der Waals surface area contributed by atoms with Gasteiger partial charge < -0.3 is 25.3 Å². The Morgan fingerprint density at radius 2 is 2.03 bits per heavy atom. The SMILES string of the molecule is CC1NC(N)=NC=C1c1nc(N(C(C)C)C2CCC2)c2nc3n(c2n1)CCOC3(C)C. The molecule has 1 aliphatic carbocycles. The van der Waals surface area contributed by atoms with Crippen molar-refractivity contribution in [3.05, 3.63) is 17.8 Å². The fraction of sp³-hybridized carbons (Fsp3) is 0.636. The van der Waals surface area contributed by atoms with E-state index in [1.807, 2.05) is 0 Å². The van der Waals surface area contributed by atoms with E-state index in [9.17, 15) is 0 Å². The number of aromatic nitrogens is 4. The van der Waals surface area contributed by atoms with E-state index >= 15 is 0 Å². The first kappa shape index (κ1) is 20.2. The van der Waals surface area contributed by atoms with E-state index in [-0.39, 0.29) is 6.04 Å². The number of nitrogens with one attached hydrogen (secondary N) is 1. The number of guanidine groups is 1. The summed E-state index contributed by atoms with van der Waals surface area (Å²) in [5.74, 6) is 2.91. The lowest BCUT2D eigenvalue weighted by Crippen LogP contribution is -2.45. The number of aliphatic imine (C=N–C) groups is 1. The summed E-state index contributed by atoms with van der Waals surface area (Å²) in [6, 6.07) is 0.768. The zero-order valence-electron chi connectivity index (χ0n) is 19.0. The molecule has 1 fully saturated rings. The van der Waals surface area contributed by atoms with Gasteiger partial charge in [-0.2, -0.15) is 0 Å². The normalized spacial score (nSPS) is 23.1. The van der Waals surface area contributed by atoms with Crippen LogP contribution in [0.4, 0.5) is 5.82 Å². The maximum atomic E-state index is 6.03. The highest BCUT2D eigenvalue weighted by atomic mass is 16.5. The number of hydrogen-bond donors (Lipinski definition) is 2. The van der Waals surface area contributed by atoms with E-state index in [0.29, 0.717) is 30.5 Å². The van der Waals surface area contributed by atoms with Gasteiger partial charge in [0.25, 0.3) is 0 Å². The molecule has 9 nitrogen and oxygen atoms in total. The summed E-state index contributed by atoms with van der Waals surface area (Å²) in [4.78, 5) is 21.9. The molecule has 3 aliphatic rings. The van der Waals surface area contributed by atoms with E-state index in [1.165, 1.54) is 19.3 Å². The van der Waals surface area contributed by atoms with Gasteiger partial charge in [0, 0.05) is 30.4 Å². The second-order valence-corrected chi connectivity index (χ2v) is 9.54. The minimum Gasteiger partial charge on any atom is -0.370 e. The number of nitrogens with zero attached hydrogens (tertiary/aromatic N) is 6. The molecule has 31 heavy (non-hydrogen) atoms. The number of hydrogen-bond acceptors (Lipinski definition) is 8. The summed E-state index contributed by atoms with van der Waals surface area (Å²) in [5, 5.41) is 3.19. The van der Waals surface area contributed by atoms with Crippen molar-refractivity contribution in [1.82, 2.24) is 24.8 Å². The molecule has 166 valence electrons. The molecule has 0 bridgehead atoms. The molecule has 2 aliphatic heterocycles. The molecule has 4 heterocycles. The average molecular weight is 425 g/mol. The van der Waals surface area contributed by atoms with Gasteiger partial charge in [0.2, 0.25) is 0 Å². The monoisotopic (exact) mass is 424 g/mol. The summed E-state index contributed by atoms with van der Waals surface area (Å²) < 4.78 is 8.23. The third kappa shape index (κ3) is 3.26. The average Bonchev–Trinajstić information content (AvgIpc) is 3.04. The number of fused-ring (bicyclic) bond motifs is 3. The maximum absolute atomic E-state index is 6.03. The van der Waals surface area contributed by atoms with E-state index in [4.69, 9.17) is 25.4 Å². The van der Waals surface area contributed by atoms with Crippen LogP contribution in [0.3, 0.4) is 0 Å². The highest BCUT2D eigenvalue weighted by Crippen LogP contribution is 2.38. The molecular formula is C22H32N8O. The molecule has 0 radical (unpaired) electrons. The van der Waals surface area contributed by atoms with Crippen LogP contribution < -0.4 is 16.0 Å². The molecule has 0 saturated heterocycles. The van der Waals surface area contributed by atoms with Crippen LogP contribution in [0.2, 0.25) is 0 Å². The lowest BCUT2D eigenvalue weighted by atomic mass is 9.90. The Morgan fingerprint density at radius 1 is 1.26 bits per heavy atom. The standard InChI is InChI=1S/C22H32N8O/c1-12(2)30(14-7-6-8-14)19-16-18(29-9-10-31-22(4,5)20(29)26-16)27-17(28-19)15-11-24-21(23)25-13(15)3/h11-14H,6-10H2,1-5H3,(H3,23,24,25). The molecule has 9 heteroatoms. The zero-order valence-corrected chi connectivity index (χ0v) is 19.0. The van der Waals surface area contributed by atoms with Crippen molar-refractivity contribution in [3.63, 3.8) is 0 Å². The highest BCUT2D eigenvalue weighted by molar-refractivity contribution is 5.89. The van der Waals surface area contributed by atoms with Gasteiger partial charge in [-0.05, 0) is 53.9 Å². The van der Waals surface area contributed by atoms with Crippen LogP contribution in [0.5, 0.6) is 0 Å². The quantitative estimate of drug-likeness (QED) is 0.777. The van der Waals surface area contributed by atoms with Gasteiger partial charge in [0.15, 0.2) is 28.8 Å². The number of ether oxygens (including phenoxy) is 1. The first-order valence-corrected chi connectivity index (χ1v) is 11.3. The molecule has 3 N–H and O–H groups in total. The zero-order chi connectivity index (χ0) is 21.9. The fourth-order valence-electron chi connectivity index (χ4n) is 4.77. The van der Waals surface area contributed by atoms with Crippen LogP contribution in [-0.4, -0.2) is 50.2 Å². The van der Waals surface area contributed by atoms with Gasteiger partial charge in [0.1, 0.15) is 11.4 Å². The first-order valence-electron chi connectivity index (χ1n) is 11.3. The predicted octanol–water partition coefficient (Wildman–Crippen LogP) is 2.51. The summed E-state index contributed by atoms with van der Waals surface area (Å²) in [5.41, 5.74) is 8.05. The summed E-state index contributed by atoms with van der Waals surface area (Å²) in [6.45, 7) is 12.0. The number of imidazole rings is 1. The number of nitrogens with two attached hydrogens (primary N) is 1. The Labute approximate surface area is 182 Å². The van der Waals surface area contributed by atoms with Gasteiger partial charge in [-0.15, -0.1) is 0 Å². The van der Waals surface area contributed by atoms with Crippen molar-refractivity contribution in [2.45, 2.75) is 84.2 Å². The Bertz CT molecular complexity index is 1080. The van der Waals surface area contributed by atoms with Gasteiger partial charge in [-0.25, -0.2) is 19.9 Å². The minimum atomic E-state index is -0.465. The second-order valence-electron chi connectivity index (χ2n) is 9.54. The fourth-order valence-corrected chi connectivity index (χ4v) is 4.77. The molecule has 1 unspecified atom stereocenters. The number of rotatable bonds is 4. The Kier molecular flexibility index (Phi) is 4.69. The van der Waals surface area contributed by atoms with Crippen LogP contribution in [-0.2, 0) is 16.9 Å². The van der Waals surface area contributed by atoms with E-state index in [1.54, 1.807) is 6.20 Å². The predicted molar refractivity (Wildman–Crippen MR) is 122 cm³/mol. The minimum absolute atomic E-state index is 0.0254. The summed E-state index contributed by atoms with van der Waals surface area (Å²) in [7, 11) is 0. The van der Waals surface area contributed by atoms with E-state index in [2.05, 4.69) is 54.4 Å². The largest absolute Gasteiger partial charge is 0.370 e. The molecule has 0 spiro atoms. The number of anilines is 1. The van der Waals surface area contributed by atoms with Crippen molar-refractivity contribution in [1.29, 1.82) is 0 Å². The van der Waals surface area contributed by atoms with Crippen LogP contribution in [0.1, 0.15) is 65.5 Å². The Hall–Kier alpha value is -2.68. The highest BCUT2D eigenvalue weighted by Gasteiger charge is 2.37. The van der Waals surface area contributed by atoms with Crippen LogP contribution in [0, 0.1) is 0 Å². The molecule has 2 aromatic heterocycles. The van der Waals surface area contributed by atoms with Gasteiger partial charge in [0.05, 0.1) is 12.6 Å². The molecular weight excluding hydrogens is 392 g/mol. The second kappa shape index (κ2) is 7.19. The van der Waals surface area contributed by atoms with Crippen molar-refractivity contribution >= 4 is 28.5 Å². The third-order valence-electron chi connectivity index (χ3n) is 6.59. The Balaban J connectivity index is 1.76. The topological polar surface area (TPSA) is 106 Å². The molecule has 0 aromatic carbocycles. The van der Waals surface area contributed by atoms with Crippen molar-refractivity contribution in [2.75, 3.05) is 11.5 Å². The maximum Gasteiger partial charge on any atom is 0.193 e. The van der Waals surface area contributed by atoms with E-state index < -0.39 is 5.60 Å². The smallest absolute Gasteiger partial charge is 0.193 e. The molecule has 2 aromatic rings. The van der Waals surface area contributed by atoms with Crippen molar-refractivity contribution in [3.8, 4) is 0 Å². The summed E-state index contributed by atoms with van der Waals surface area (Å²) in [6.07, 6.45) is 5.41. The van der Waals surface area contributed by atoms with Crippen LogP contribution >= 0.6 is 0 Å². The lowest BCUT2D eigenvalue weighted by molar-refractivity contribution is -0.0530. The Morgan fingerprint density at radius 3 is 2.68 bits per heavy atom. The molecule has 1 atom stereocenters. The van der Waals surface area contributed by atoms with Gasteiger partial charge >= 0.3 is 0 Å². The molecule has 0 amide bonds. The summed E-state index contributed by atoms with van der Waals surface area (Å²) >= 11 is 0. The van der Waals surface area contributed by atoms with Crippen LogP contribution in [0.15, 0.2) is 11.2 Å². The first-order chi connectivity index (χ1) is 14.8. The third-order valence-corrected chi connectivity index (χ3v) is 6.59. The lowest BCUT2D eigenvalue weighted by Gasteiger charge is -2.41. The molecule has 1 saturated carbocycles. The van der Waals surface area contributed by atoms with Crippen LogP contribution in [0.25, 0.3) is 16.7 Å². The van der Waals surface area contributed by atoms with Gasteiger partial charge in [-0.1, -0.05) is 0 Å². The van der Waals surface area contributed by atoms with Crippen molar-refractivity contribution in [2.24, 2.45) is 10.7 Å². The van der Waals surface area contributed by atoms with E-state index in [0.717, 1.165) is 34.9 Å². The molecule has 5 rings (SSSR count). The van der Waals surface area contributed by atoms with Crippen molar-refractivity contribution < 1.29 is 4.74 Å².